The molecule has 170 valence electrons. The summed E-state index contributed by atoms with van der Waals surface area (Å²) in [4.78, 5) is 41.3. The molecule has 0 spiro atoms. The minimum atomic E-state index is -4.83. The number of rotatable bonds is 4. The van der Waals surface area contributed by atoms with E-state index >= 15 is 0 Å². The van der Waals surface area contributed by atoms with Crippen molar-refractivity contribution in [2.45, 2.75) is 71.5 Å². The van der Waals surface area contributed by atoms with Crippen LogP contribution in [0.1, 0.15) is 47.4 Å². The molecule has 1 aromatic rings. The number of imidazole rings is 1. The highest BCUT2D eigenvalue weighted by atomic mass is 19.4. The fourth-order valence-corrected chi connectivity index (χ4v) is 2.25. The molecule has 0 fully saturated rings. The predicted octanol–water partition coefficient (Wildman–Crippen LogP) is 3.62. The number of esters is 1. The lowest BCUT2D eigenvalue weighted by Crippen LogP contribution is -2.54. The molecule has 0 aliphatic rings. The number of amides is 2. The molecule has 2 amide bonds. The van der Waals surface area contributed by atoms with Crippen molar-refractivity contribution in [2.75, 3.05) is 7.11 Å². The largest absolute Gasteiger partial charge is 0.467 e. The second kappa shape index (κ2) is 8.92. The minimum Gasteiger partial charge on any atom is -0.467 e. The lowest BCUT2D eigenvalue weighted by atomic mass is 10.2. The van der Waals surface area contributed by atoms with Gasteiger partial charge < -0.3 is 18.8 Å². The topological polar surface area (TPSA) is 100.0 Å². The highest BCUT2D eigenvalue weighted by molar-refractivity contribution is 5.94. The smallest absolute Gasteiger partial charge is 0.449 e. The van der Waals surface area contributed by atoms with Crippen molar-refractivity contribution in [1.29, 1.82) is 0 Å². The van der Waals surface area contributed by atoms with E-state index in [9.17, 15) is 27.6 Å². The Morgan fingerprint density at radius 1 is 1.03 bits per heavy atom. The molecule has 30 heavy (non-hydrogen) atoms. The summed E-state index contributed by atoms with van der Waals surface area (Å²) in [5.74, 6) is -2.46. The highest BCUT2D eigenvalue weighted by Gasteiger charge is 2.43. The second-order valence-corrected chi connectivity index (χ2v) is 8.27. The van der Waals surface area contributed by atoms with E-state index in [1.807, 2.05) is 0 Å². The number of hydrogen-bond donors (Lipinski definition) is 0. The zero-order valence-corrected chi connectivity index (χ0v) is 17.9. The first-order valence-corrected chi connectivity index (χ1v) is 8.87. The number of halogens is 3. The Morgan fingerprint density at radius 2 is 1.50 bits per heavy atom. The van der Waals surface area contributed by atoms with Crippen molar-refractivity contribution < 1.29 is 41.8 Å². The van der Waals surface area contributed by atoms with Crippen molar-refractivity contribution in [1.82, 2.24) is 14.5 Å². The van der Waals surface area contributed by atoms with Crippen LogP contribution in [0.2, 0.25) is 0 Å². The maximum Gasteiger partial charge on any atom is 0.449 e. The molecular formula is C18H26F3N3O6. The first-order chi connectivity index (χ1) is 13.5. The van der Waals surface area contributed by atoms with Gasteiger partial charge in [0.15, 0.2) is 6.04 Å². The van der Waals surface area contributed by atoms with Crippen LogP contribution in [0.3, 0.4) is 0 Å². The van der Waals surface area contributed by atoms with Crippen LogP contribution in [-0.2, 0) is 31.7 Å². The zero-order chi connectivity index (χ0) is 23.5. The van der Waals surface area contributed by atoms with E-state index in [1.54, 1.807) is 0 Å². The Labute approximate surface area is 172 Å². The van der Waals surface area contributed by atoms with Gasteiger partial charge >= 0.3 is 24.3 Å². The van der Waals surface area contributed by atoms with E-state index in [2.05, 4.69) is 9.72 Å². The maximum atomic E-state index is 13.2. The van der Waals surface area contributed by atoms with Crippen LogP contribution in [0.25, 0.3) is 0 Å². The van der Waals surface area contributed by atoms with Crippen LogP contribution in [0.4, 0.5) is 22.8 Å². The molecule has 0 bridgehead atoms. The van der Waals surface area contributed by atoms with Gasteiger partial charge in [0.1, 0.15) is 11.2 Å². The quantitative estimate of drug-likeness (QED) is 0.524. The molecule has 0 N–H and O–H groups in total. The third-order valence-electron chi connectivity index (χ3n) is 3.30. The molecule has 0 radical (unpaired) electrons. The van der Waals surface area contributed by atoms with Gasteiger partial charge in [0, 0.05) is 12.4 Å². The van der Waals surface area contributed by atoms with Crippen LogP contribution in [0.5, 0.6) is 0 Å². The third kappa shape index (κ3) is 7.23. The van der Waals surface area contributed by atoms with Crippen molar-refractivity contribution in [3.63, 3.8) is 0 Å². The van der Waals surface area contributed by atoms with E-state index in [-0.39, 0.29) is 0 Å². The maximum absolute atomic E-state index is 13.2. The monoisotopic (exact) mass is 437 g/mol. The molecule has 0 aromatic carbocycles. The van der Waals surface area contributed by atoms with Gasteiger partial charge in [-0.25, -0.2) is 19.4 Å². The van der Waals surface area contributed by atoms with Gasteiger partial charge in [-0.05, 0) is 41.5 Å². The summed E-state index contributed by atoms with van der Waals surface area (Å²) in [6.45, 7) is 8.32. The minimum absolute atomic E-state index is 0.308. The standard InChI is InChI=1S/C18H26F3N3O6/c1-16(2,3)29-14(26)24(15(27)30-17(4,5)6)11(12(25)28-7)10-23-9-8-22-13(23)18(19,20)21/h8-9,11H,10H2,1-7H3. The second-order valence-electron chi connectivity index (χ2n) is 8.27. The molecular weight excluding hydrogens is 411 g/mol. The fraction of sp³-hybridized carbons (Fsp3) is 0.667. The third-order valence-corrected chi connectivity index (χ3v) is 3.30. The highest BCUT2D eigenvalue weighted by Crippen LogP contribution is 2.28. The number of methoxy groups -OCH3 is 1. The molecule has 0 aliphatic carbocycles. The number of carbonyl (C=O) groups excluding carboxylic acids is 3. The molecule has 0 aliphatic heterocycles. The van der Waals surface area contributed by atoms with Crippen molar-refractivity contribution in [3.05, 3.63) is 18.2 Å². The van der Waals surface area contributed by atoms with Crippen LogP contribution >= 0.6 is 0 Å². The summed E-state index contributed by atoms with van der Waals surface area (Å²) in [6, 6.07) is -1.81. The van der Waals surface area contributed by atoms with Gasteiger partial charge in [0.05, 0.1) is 13.7 Å². The number of ether oxygens (including phenoxy) is 3. The number of imide groups is 1. The first-order valence-electron chi connectivity index (χ1n) is 8.87. The van der Waals surface area contributed by atoms with Crippen LogP contribution < -0.4 is 0 Å². The number of carbonyl (C=O) groups is 3. The summed E-state index contributed by atoms with van der Waals surface area (Å²) in [7, 11) is 0.969. The molecule has 1 rings (SSSR count). The van der Waals surface area contributed by atoms with Gasteiger partial charge in [-0.2, -0.15) is 18.1 Å². The Balaban J connectivity index is 3.43. The van der Waals surface area contributed by atoms with Crippen LogP contribution in [0.15, 0.2) is 12.4 Å². The summed E-state index contributed by atoms with van der Waals surface area (Å²) in [6.07, 6.45) is -5.54. The Hall–Kier alpha value is -2.79. The predicted molar refractivity (Wildman–Crippen MR) is 97.3 cm³/mol. The van der Waals surface area contributed by atoms with Gasteiger partial charge in [-0.3, -0.25) is 0 Å². The van der Waals surface area contributed by atoms with Gasteiger partial charge in [-0.1, -0.05) is 0 Å². The Kier molecular flexibility index (Phi) is 7.51. The zero-order valence-electron chi connectivity index (χ0n) is 17.9. The molecule has 12 heteroatoms. The van der Waals surface area contributed by atoms with Gasteiger partial charge in [0.2, 0.25) is 5.82 Å². The van der Waals surface area contributed by atoms with E-state index in [4.69, 9.17) is 9.47 Å². The van der Waals surface area contributed by atoms with E-state index in [1.165, 1.54) is 41.5 Å². The first kappa shape index (κ1) is 25.2. The molecule has 1 heterocycles. The summed E-state index contributed by atoms with van der Waals surface area (Å²) in [5.41, 5.74) is -2.13. The fourth-order valence-electron chi connectivity index (χ4n) is 2.25. The summed E-state index contributed by atoms with van der Waals surface area (Å²) < 4.78 is 55.1. The molecule has 1 aromatic heterocycles. The van der Waals surface area contributed by atoms with E-state index in [0.29, 0.717) is 9.47 Å². The van der Waals surface area contributed by atoms with Crippen molar-refractivity contribution in [3.8, 4) is 0 Å². The summed E-state index contributed by atoms with van der Waals surface area (Å²) in [5, 5.41) is 0. The van der Waals surface area contributed by atoms with Crippen LogP contribution in [-0.4, -0.2) is 57.0 Å². The Morgan fingerprint density at radius 3 is 1.87 bits per heavy atom. The lowest BCUT2D eigenvalue weighted by molar-refractivity contribution is -0.151. The normalized spacial score (nSPS) is 13.4. The van der Waals surface area contributed by atoms with Crippen molar-refractivity contribution in [2.24, 2.45) is 0 Å². The number of aromatic nitrogens is 2. The number of hydrogen-bond acceptors (Lipinski definition) is 7. The van der Waals surface area contributed by atoms with Gasteiger partial charge in [-0.15, -0.1) is 0 Å². The molecule has 0 saturated heterocycles. The van der Waals surface area contributed by atoms with E-state index in [0.717, 1.165) is 19.5 Å². The number of alkyl halides is 3. The van der Waals surface area contributed by atoms with Crippen molar-refractivity contribution >= 4 is 18.2 Å². The van der Waals surface area contributed by atoms with Gasteiger partial charge in [0.25, 0.3) is 0 Å². The summed E-state index contributed by atoms with van der Waals surface area (Å²) >= 11 is 0. The number of nitrogens with zero attached hydrogens (tertiary/aromatic N) is 3. The average Bonchev–Trinajstić information content (AvgIpc) is 2.98. The molecule has 9 nitrogen and oxygen atoms in total. The molecule has 1 atom stereocenters. The average molecular weight is 437 g/mol. The SMILES string of the molecule is COC(=O)C(Cn1ccnc1C(F)(F)F)N(C(=O)OC(C)(C)C)C(=O)OC(C)(C)C. The molecule has 1 unspecified atom stereocenters. The van der Waals surface area contributed by atoms with E-state index < -0.39 is 53.9 Å². The lowest BCUT2D eigenvalue weighted by Gasteiger charge is -2.32. The van der Waals surface area contributed by atoms with Crippen LogP contribution in [0, 0.1) is 0 Å². The molecule has 0 saturated carbocycles. The Bertz CT molecular complexity index is 749.